The number of esters is 2. The maximum atomic E-state index is 14.0. The molecule has 2 aromatic rings. The maximum Gasteiger partial charge on any atom is 0.344 e. The van der Waals surface area contributed by atoms with Crippen molar-refractivity contribution in [2.24, 2.45) is 5.41 Å². The zero-order chi connectivity index (χ0) is 30.9. The van der Waals surface area contributed by atoms with Gasteiger partial charge in [0.15, 0.2) is 6.10 Å². The summed E-state index contributed by atoms with van der Waals surface area (Å²) in [6, 6.07) is 13.7. The molecule has 9 nitrogen and oxygen atoms in total. The number of likely N-dealkylation sites (N-methyl/N-ethyl adjacent to an activating group) is 1. The maximum absolute atomic E-state index is 14.0. The monoisotopic (exact) mass is 601 g/mol. The van der Waals surface area contributed by atoms with E-state index < -0.39 is 40.5 Å². The van der Waals surface area contributed by atoms with Gasteiger partial charge in [-0.05, 0) is 48.6 Å². The summed E-state index contributed by atoms with van der Waals surface area (Å²) in [5.74, 6) is -0.488. The number of anilines is 1. The van der Waals surface area contributed by atoms with E-state index in [-0.39, 0.29) is 12.5 Å². The first kappa shape index (κ1) is 29.3. The van der Waals surface area contributed by atoms with Crippen molar-refractivity contribution in [2.75, 3.05) is 52.3 Å². The fraction of sp³-hybridized carbons (Fsp3) is 0.543. The van der Waals surface area contributed by atoms with Gasteiger partial charge >= 0.3 is 11.9 Å². The molecule has 44 heavy (non-hydrogen) atoms. The minimum absolute atomic E-state index is 0.0894. The van der Waals surface area contributed by atoms with Gasteiger partial charge in [-0.25, -0.2) is 4.79 Å². The number of rotatable bonds is 7. The summed E-state index contributed by atoms with van der Waals surface area (Å²) in [5, 5.41) is 13.0. The van der Waals surface area contributed by atoms with Crippen molar-refractivity contribution in [3.8, 4) is 5.75 Å². The summed E-state index contributed by atoms with van der Waals surface area (Å²) in [7, 11) is 4.85. The number of carbonyl (C=O) groups excluding carboxylic acids is 2. The molecule has 0 amide bonds. The molecule has 4 heterocycles. The standard InChI is InChI=1S/C35H43N3O6/c1-5-33-15-8-17-38-20-16-34(29(33)38)26-12-11-25(42-3)21-27(26)36(2)30(34)35(41,32(40)43-4)31(33)44-28(39)14-19-37-18-13-23-9-6-7-10-24(23)22-37/h6-12,15,21,29-31,41H,5,13-14,16-20,22H2,1-4H3/t29-,30+,31+,33+,34+,35-/m0/s1. The number of aliphatic hydroxyl groups is 1. The molecule has 5 aliphatic rings. The molecule has 2 fully saturated rings. The number of ether oxygens (including phenoxy) is 3. The Morgan fingerprint density at radius 3 is 2.61 bits per heavy atom. The van der Waals surface area contributed by atoms with Crippen LogP contribution in [0.5, 0.6) is 5.75 Å². The predicted molar refractivity (Wildman–Crippen MR) is 166 cm³/mol. The molecule has 0 aromatic heterocycles. The van der Waals surface area contributed by atoms with E-state index >= 15 is 0 Å². The lowest BCUT2D eigenvalue weighted by Crippen LogP contribution is -2.81. The Labute approximate surface area is 259 Å². The van der Waals surface area contributed by atoms with Crippen molar-refractivity contribution in [2.45, 2.75) is 68.4 Å². The van der Waals surface area contributed by atoms with Gasteiger partial charge in [0, 0.05) is 61.9 Å². The van der Waals surface area contributed by atoms with Gasteiger partial charge in [0.05, 0.1) is 26.7 Å². The van der Waals surface area contributed by atoms with Crippen LogP contribution >= 0.6 is 0 Å². The molecule has 2 aromatic carbocycles. The Morgan fingerprint density at radius 1 is 1.07 bits per heavy atom. The van der Waals surface area contributed by atoms with E-state index in [0.29, 0.717) is 18.7 Å². The third-order valence-electron chi connectivity index (χ3n) is 11.4. The summed E-state index contributed by atoms with van der Waals surface area (Å²) in [5.41, 5.74) is 1.11. The van der Waals surface area contributed by atoms with Crippen LogP contribution in [0.25, 0.3) is 0 Å². The highest BCUT2D eigenvalue weighted by Crippen LogP contribution is 2.67. The van der Waals surface area contributed by atoms with Gasteiger partial charge in [0.1, 0.15) is 5.75 Å². The molecule has 234 valence electrons. The first-order valence-corrected chi connectivity index (χ1v) is 15.9. The Balaban J connectivity index is 1.27. The Bertz CT molecular complexity index is 1510. The summed E-state index contributed by atoms with van der Waals surface area (Å²) in [4.78, 5) is 34.5. The van der Waals surface area contributed by atoms with Gasteiger partial charge in [0.2, 0.25) is 5.60 Å². The zero-order valence-corrected chi connectivity index (χ0v) is 26.1. The largest absolute Gasteiger partial charge is 0.497 e. The van der Waals surface area contributed by atoms with Crippen LogP contribution in [0.2, 0.25) is 0 Å². The first-order chi connectivity index (χ1) is 21.2. The smallest absolute Gasteiger partial charge is 0.344 e. The van der Waals surface area contributed by atoms with E-state index in [2.05, 4.69) is 59.2 Å². The molecule has 1 N–H and O–H groups in total. The van der Waals surface area contributed by atoms with E-state index in [1.165, 1.54) is 18.2 Å². The van der Waals surface area contributed by atoms with Crippen molar-refractivity contribution >= 4 is 17.6 Å². The molecule has 1 saturated carbocycles. The number of nitrogens with zero attached hydrogens (tertiary/aromatic N) is 3. The lowest BCUT2D eigenvalue weighted by atomic mass is 9.47. The van der Waals surface area contributed by atoms with Crippen LogP contribution < -0.4 is 9.64 Å². The summed E-state index contributed by atoms with van der Waals surface area (Å²) in [6.07, 6.45) is 5.53. The van der Waals surface area contributed by atoms with E-state index in [9.17, 15) is 14.7 Å². The third-order valence-corrected chi connectivity index (χ3v) is 11.4. The quantitative estimate of drug-likeness (QED) is 0.380. The molecule has 0 unspecified atom stereocenters. The summed E-state index contributed by atoms with van der Waals surface area (Å²) < 4.78 is 17.4. The van der Waals surface area contributed by atoms with Gasteiger partial charge in [-0.1, -0.05) is 49.4 Å². The van der Waals surface area contributed by atoms with Crippen molar-refractivity contribution in [1.29, 1.82) is 0 Å². The lowest BCUT2D eigenvalue weighted by Gasteiger charge is -2.63. The highest BCUT2D eigenvalue weighted by Gasteiger charge is 2.80. The summed E-state index contributed by atoms with van der Waals surface area (Å²) in [6.45, 7) is 5.84. The molecule has 6 atom stereocenters. The van der Waals surface area contributed by atoms with Crippen molar-refractivity contribution in [3.63, 3.8) is 0 Å². The lowest BCUT2D eigenvalue weighted by molar-refractivity contribution is -0.229. The van der Waals surface area contributed by atoms with Crippen molar-refractivity contribution in [3.05, 3.63) is 71.3 Å². The van der Waals surface area contributed by atoms with Crippen LogP contribution in [0, 0.1) is 5.41 Å². The SMILES string of the molecule is CC[C@]12C=CCN3CC[C@@]4(c5ccc(OC)cc5N(C)[C@H]4[C@@](O)(C(=O)OC)[C@@H]1OC(=O)CCN1CCc4ccccc4C1)[C@@H]32. The molecule has 4 aliphatic heterocycles. The third kappa shape index (κ3) is 3.88. The van der Waals surface area contributed by atoms with Crippen LogP contribution in [-0.2, 0) is 37.4 Å². The topological polar surface area (TPSA) is 91.8 Å². The number of fused-ring (bicyclic) bond motifs is 2. The molecular formula is C35H43N3O6. The Morgan fingerprint density at radius 2 is 1.86 bits per heavy atom. The normalized spacial score (nSPS) is 33.7. The Kier molecular flexibility index (Phi) is 7.06. The molecule has 0 bridgehead atoms. The molecule has 9 heteroatoms. The van der Waals surface area contributed by atoms with Crippen LogP contribution in [0.15, 0.2) is 54.6 Å². The molecule has 1 spiro atoms. The van der Waals surface area contributed by atoms with Crippen molar-refractivity contribution in [1.82, 2.24) is 9.80 Å². The van der Waals surface area contributed by atoms with E-state index in [1.54, 1.807) is 7.11 Å². The number of carbonyl (C=O) groups is 2. The van der Waals surface area contributed by atoms with Crippen LogP contribution in [-0.4, -0.2) is 98.1 Å². The highest BCUT2D eigenvalue weighted by molar-refractivity contribution is 5.87. The number of hydrogen-bond donors (Lipinski definition) is 1. The molecular weight excluding hydrogens is 558 g/mol. The molecule has 7 rings (SSSR count). The number of hydrogen-bond acceptors (Lipinski definition) is 9. The van der Waals surface area contributed by atoms with E-state index in [0.717, 1.165) is 50.3 Å². The van der Waals surface area contributed by atoms with Crippen LogP contribution in [0.1, 0.15) is 42.9 Å². The molecule has 1 aliphatic carbocycles. The van der Waals surface area contributed by atoms with Gasteiger partial charge in [-0.3, -0.25) is 14.6 Å². The van der Waals surface area contributed by atoms with Crippen LogP contribution in [0.3, 0.4) is 0 Å². The second-order valence-electron chi connectivity index (χ2n) is 13.2. The van der Waals surface area contributed by atoms with Gasteiger partial charge < -0.3 is 24.2 Å². The second-order valence-corrected chi connectivity index (χ2v) is 13.2. The molecule has 0 radical (unpaired) electrons. The highest BCUT2D eigenvalue weighted by atomic mass is 16.6. The fourth-order valence-electron chi connectivity index (χ4n) is 9.69. The minimum Gasteiger partial charge on any atom is -0.497 e. The zero-order valence-electron chi connectivity index (χ0n) is 26.1. The number of benzene rings is 2. The summed E-state index contributed by atoms with van der Waals surface area (Å²) >= 11 is 0. The number of methoxy groups -OCH3 is 2. The second kappa shape index (κ2) is 10.6. The average Bonchev–Trinajstić information content (AvgIpc) is 3.57. The van der Waals surface area contributed by atoms with Crippen molar-refractivity contribution < 1.29 is 28.9 Å². The predicted octanol–water partition coefficient (Wildman–Crippen LogP) is 3.07. The van der Waals surface area contributed by atoms with E-state index in [1.807, 2.05) is 24.1 Å². The van der Waals surface area contributed by atoms with Gasteiger partial charge in [-0.2, -0.15) is 0 Å². The van der Waals surface area contributed by atoms with E-state index in [4.69, 9.17) is 14.2 Å². The minimum atomic E-state index is -2.13. The molecule has 1 saturated heterocycles. The van der Waals surface area contributed by atoms with Gasteiger partial charge in [0.25, 0.3) is 0 Å². The van der Waals surface area contributed by atoms with Crippen LogP contribution in [0.4, 0.5) is 5.69 Å². The Hall–Kier alpha value is -3.40. The van der Waals surface area contributed by atoms with Gasteiger partial charge in [-0.15, -0.1) is 0 Å². The fourth-order valence-corrected chi connectivity index (χ4v) is 9.69. The average molecular weight is 602 g/mol. The first-order valence-electron chi connectivity index (χ1n) is 15.9.